The summed E-state index contributed by atoms with van der Waals surface area (Å²) >= 11 is 0. The van der Waals surface area contributed by atoms with Gasteiger partial charge in [-0.2, -0.15) is 13.2 Å². The molecule has 29 heavy (non-hydrogen) atoms. The molecular weight excluding hydrogens is 387 g/mol. The lowest BCUT2D eigenvalue weighted by molar-refractivity contribution is -0.250. The van der Waals surface area contributed by atoms with Gasteiger partial charge in [-0.25, -0.2) is 0 Å². The minimum absolute atomic E-state index is 0.0852. The average Bonchev–Trinajstić information content (AvgIpc) is 3.18. The van der Waals surface area contributed by atoms with E-state index in [0.717, 1.165) is 17.7 Å². The average molecular weight is 417 g/mol. The minimum atomic E-state index is -5.00. The van der Waals surface area contributed by atoms with Crippen molar-refractivity contribution >= 4 is 5.91 Å². The molecule has 1 saturated carbocycles. The van der Waals surface area contributed by atoms with Crippen LogP contribution >= 0.6 is 0 Å². The van der Waals surface area contributed by atoms with Crippen molar-refractivity contribution < 1.29 is 27.5 Å². The van der Waals surface area contributed by atoms with Crippen LogP contribution in [-0.2, 0) is 10.2 Å². The molecule has 1 saturated heterocycles. The molecule has 0 aromatic carbocycles. The maximum absolute atomic E-state index is 13.0. The van der Waals surface area contributed by atoms with Crippen LogP contribution in [0.4, 0.5) is 13.2 Å². The summed E-state index contributed by atoms with van der Waals surface area (Å²) in [7, 11) is 0. The van der Waals surface area contributed by atoms with Crippen molar-refractivity contribution in [2.45, 2.75) is 88.8 Å². The van der Waals surface area contributed by atoms with Crippen LogP contribution in [0.1, 0.15) is 83.4 Å². The second-order valence-electron chi connectivity index (χ2n) is 9.14. The van der Waals surface area contributed by atoms with Gasteiger partial charge >= 0.3 is 6.18 Å². The topological polar surface area (TPSA) is 79.5 Å². The molecule has 2 aliphatic rings. The number of alkyl halides is 3. The zero-order chi connectivity index (χ0) is 21.4. The molecule has 0 radical (unpaired) electrons. The van der Waals surface area contributed by atoms with E-state index in [1.807, 2.05) is 13.8 Å². The van der Waals surface area contributed by atoms with Gasteiger partial charge in [0.15, 0.2) is 0 Å². The fraction of sp³-hybridized carbons (Fsp3) is 0.850. The number of hydrogen-bond donors (Lipinski definition) is 1. The number of rotatable bonds is 4. The first-order valence-electron chi connectivity index (χ1n) is 10.4. The highest BCUT2D eigenvalue weighted by atomic mass is 19.4. The van der Waals surface area contributed by atoms with Crippen molar-refractivity contribution in [3.63, 3.8) is 0 Å². The molecule has 2 heterocycles. The summed E-state index contributed by atoms with van der Waals surface area (Å²) in [5.41, 5.74) is -3.81. The number of carbonyl (C=O) groups is 1. The van der Waals surface area contributed by atoms with Crippen molar-refractivity contribution in [2.24, 2.45) is 5.92 Å². The van der Waals surface area contributed by atoms with Gasteiger partial charge in [0.1, 0.15) is 0 Å². The monoisotopic (exact) mass is 417 g/mol. The number of aromatic nitrogens is 2. The molecular formula is C20H30F3N3O3. The lowest BCUT2D eigenvalue weighted by Gasteiger charge is -2.41. The number of likely N-dealkylation sites (tertiary alicyclic amines) is 1. The lowest BCUT2D eigenvalue weighted by Crippen LogP contribution is -2.58. The third-order valence-electron chi connectivity index (χ3n) is 6.72. The fourth-order valence-electron chi connectivity index (χ4n) is 4.42. The van der Waals surface area contributed by atoms with E-state index >= 15 is 0 Å². The molecule has 1 aromatic heterocycles. The zero-order valence-electron chi connectivity index (χ0n) is 17.3. The van der Waals surface area contributed by atoms with Crippen LogP contribution in [0, 0.1) is 5.92 Å². The first-order valence-corrected chi connectivity index (χ1v) is 10.4. The Morgan fingerprint density at radius 3 is 2.17 bits per heavy atom. The Kier molecular flexibility index (Phi) is 6.00. The highest BCUT2D eigenvalue weighted by Crippen LogP contribution is 2.40. The van der Waals surface area contributed by atoms with Gasteiger partial charge in [-0.3, -0.25) is 4.79 Å². The first kappa shape index (κ1) is 22.1. The summed E-state index contributed by atoms with van der Waals surface area (Å²) < 4.78 is 44.9. The van der Waals surface area contributed by atoms with Gasteiger partial charge in [0.05, 0.1) is 0 Å². The van der Waals surface area contributed by atoms with Gasteiger partial charge in [-0.15, -0.1) is 10.2 Å². The highest BCUT2D eigenvalue weighted by Gasteiger charge is 2.57. The molecule has 9 heteroatoms. The Hall–Kier alpha value is -1.64. The molecule has 6 nitrogen and oxygen atoms in total. The lowest BCUT2D eigenvalue weighted by atomic mass is 9.73. The summed E-state index contributed by atoms with van der Waals surface area (Å²) in [6.45, 7) is 4.82. The van der Waals surface area contributed by atoms with Gasteiger partial charge in [0.25, 0.3) is 5.91 Å². The Morgan fingerprint density at radius 1 is 1.03 bits per heavy atom. The summed E-state index contributed by atoms with van der Waals surface area (Å²) in [4.78, 5) is 13.3. The number of piperidine rings is 1. The number of halogens is 3. The second kappa shape index (κ2) is 7.89. The molecule has 0 bridgehead atoms. The van der Waals surface area contributed by atoms with E-state index in [2.05, 4.69) is 10.2 Å². The number of amides is 1. The Labute approximate surface area is 168 Å². The predicted octanol–water partition coefficient (Wildman–Crippen LogP) is 3.95. The Balaban J connectivity index is 1.64. The molecule has 1 amide bonds. The van der Waals surface area contributed by atoms with Crippen molar-refractivity contribution in [2.75, 3.05) is 13.1 Å². The van der Waals surface area contributed by atoms with E-state index in [0.29, 0.717) is 37.5 Å². The quantitative estimate of drug-likeness (QED) is 0.803. The summed E-state index contributed by atoms with van der Waals surface area (Å²) in [5, 5.41) is 18.2. The van der Waals surface area contributed by atoms with Gasteiger partial charge in [0, 0.05) is 24.4 Å². The molecule has 1 aromatic rings. The van der Waals surface area contributed by atoms with Crippen molar-refractivity contribution in [3.8, 4) is 0 Å². The van der Waals surface area contributed by atoms with E-state index in [1.54, 1.807) is 0 Å². The predicted molar refractivity (Wildman–Crippen MR) is 99.1 cm³/mol. The van der Waals surface area contributed by atoms with Crippen molar-refractivity contribution in [1.29, 1.82) is 0 Å². The smallest absolute Gasteiger partial charge is 0.424 e. The molecule has 1 N–H and O–H groups in total. The molecule has 164 valence electrons. The van der Waals surface area contributed by atoms with E-state index in [9.17, 15) is 23.1 Å². The van der Waals surface area contributed by atoms with Gasteiger partial charge in [-0.1, -0.05) is 33.1 Å². The zero-order valence-corrected chi connectivity index (χ0v) is 17.3. The van der Waals surface area contributed by atoms with Crippen LogP contribution in [0.3, 0.4) is 0 Å². The van der Waals surface area contributed by atoms with Gasteiger partial charge < -0.3 is 14.4 Å². The third-order valence-corrected chi connectivity index (χ3v) is 6.72. The summed E-state index contributed by atoms with van der Waals surface area (Å²) in [6.07, 6.45) is 1.70. The molecule has 3 rings (SSSR count). The van der Waals surface area contributed by atoms with Crippen molar-refractivity contribution in [3.05, 3.63) is 11.8 Å². The number of carbonyl (C=O) groups excluding carboxylic acids is 1. The molecule has 1 aliphatic heterocycles. The Morgan fingerprint density at radius 2 is 1.62 bits per heavy atom. The van der Waals surface area contributed by atoms with Crippen LogP contribution in [0.5, 0.6) is 0 Å². The fourth-order valence-corrected chi connectivity index (χ4v) is 4.42. The normalized spacial score (nSPS) is 22.5. The van der Waals surface area contributed by atoms with Crippen LogP contribution in [0.15, 0.2) is 4.42 Å². The van der Waals surface area contributed by atoms with Crippen LogP contribution in [0.25, 0.3) is 0 Å². The highest BCUT2D eigenvalue weighted by molar-refractivity contribution is 5.85. The van der Waals surface area contributed by atoms with Crippen molar-refractivity contribution in [1.82, 2.24) is 15.1 Å². The summed E-state index contributed by atoms with van der Waals surface area (Å²) in [5.74, 6) is 0.331. The molecule has 1 atom stereocenters. The van der Waals surface area contributed by atoms with E-state index in [4.69, 9.17) is 4.42 Å². The maximum Gasteiger partial charge on any atom is 0.426 e. The SMILES string of the molecule is CC(C)(c1nnc(C2CCCCC2)o1)C1CCN(C(=O)C(C)(O)C(F)(F)F)CC1. The standard InChI is InChI=1S/C20H30F3N3O3/c1-18(2,16-25-24-15(29-16)13-7-5-4-6-8-13)14-9-11-26(12-10-14)17(27)19(3,28)20(21,22)23/h13-14,28H,4-12H2,1-3H3. The molecule has 1 unspecified atom stereocenters. The first-order chi connectivity index (χ1) is 13.4. The van der Waals surface area contributed by atoms with E-state index in [-0.39, 0.29) is 19.0 Å². The Bertz CT molecular complexity index is 716. The second-order valence-corrected chi connectivity index (χ2v) is 9.14. The van der Waals surface area contributed by atoms with Crippen LogP contribution in [-0.4, -0.2) is 51.0 Å². The summed E-state index contributed by atoms with van der Waals surface area (Å²) in [6, 6.07) is 0. The van der Waals surface area contributed by atoms with Gasteiger partial charge in [-0.05, 0) is 38.5 Å². The molecule has 2 fully saturated rings. The van der Waals surface area contributed by atoms with Gasteiger partial charge in [0.2, 0.25) is 17.4 Å². The number of aliphatic hydroxyl groups is 1. The van der Waals surface area contributed by atoms with Crippen LogP contribution < -0.4 is 0 Å². The molecule has 1 aliphatic carbocycles. The number of hydrogen-bond acceptors (Lipinski definition) is 5. The third kappa shape index (κ3) is 4.29. The van der Waals surface area contributed by atoms with E-state index < -0.39 is 23.1 Å². The largest absolute Gasteiger partial charge is 0.426 e. The van der Waals surface area contributed by atoms with E-state index in [1.165, 1.54) is 19.3 Å². The minimum Gasteiger partial charge on any atom is -0.424 e. The molecule has 0 spiro atoms. The maximum atomic E-state index is 13.0. The number of nitrogens with zero attached hydrogens (tertiary/aromatic N) is 3. The van der Waals surface area contributed by atoms with Crippen LogP contribution in [0.2, 0.25) is 0 Å².